The number of halogens is 3. The lowest BCUT2D eigenvalue weighted by atomic mass is 9.99. The van der Waals surface area contributed by atoms with E-state index in [4.69, 9.17) is 4.74 Å². The number of benzene rings is 2. The van der Waals surface area contributed by atoms with Crippen LogP contribution in [0, 0.1) is 0 Å². The van der Waals surface area contributed by atoms with E-state index in [9.17, 15) is 18.0 Å². The van der Waals surface area contributed by atoms with Gasteiger partial charge in [0.15, 0.2) is 6.04 Å². The van der Waals surface area contributed by atoms with E-state index in [2.05, 4.69) is 5.43 Å². The molecule has 1 N–H and O–H groups in total. The van der Waals surface area contributed by atoms with E-state index in [1.165, 1.54) is 6.07 Å². The highest BCUT2D eigenvalue weighted by atomic mass is 19.4. The Bertz CT molecular complexity index is 761. The molecule has 1 amide bonds. The van der Waals surface area contributed by atoms with Crippen molar-refractivity contribution in [3.63, 3.8) is 0 Å². The SMILES string of the molecule is CCOc1cc2ccccc2cc1[C@H](N1CCC(=O)N1)C(F)(F)F. The third kappa shape index (κ3) is 3.17. The molecule has 2 aromatic carbocycles. The molecule has 0 radical (unpaired) electrons. The lowest BCUT2D eigenvalue weighted by Crippen LogP contribution is -2.43. The van der Waals surface area contributed by atoms with Crippen molar-refractivity contribution in [2.75, 3.05) is 13.2 Å². The van der Waals surface area contributed by atoms with Crippen LogP contribution in [0.2, 0.25) is 0 Å². The minimum Gasteiger partial charge on any atom is -0.494 e. The van der Waals surface area contributed by atoms with Crippen molar-refractivity contribution in [3.8, 4) is 5.75 Å². The number of alkyl halides is 3. The van der Waals surface area contributed by atoms with Gasteiger partial charge in [-0.05, 0) is 29.8 Å². The summed E-state index contributed by atoms with van der Waals surface area (Å²) in [4.78, 5) is 11.4. The molecular weight excluding hydrogens is 321 g/mol. The molecule has 1 fully saturated rings. The van der Waals surface area contributed by atoms with E-state index in [1.807, 2.05) is 12.1 Å². The maximum atomic E-state index is 13.8. The first-order valence-corrected chi connectivity index (χ1v) is 7.68. The van der Waals surface area contributed by atoms with Crippen LogP contribution in [0.5, 0.6) is 5.75 Å². The molecule has 24 heavy (non-hydrogen) atoms. The standard InChI is InChI=1S/C17H17F3N2O2/c1-2-24-14-10-12-6-4-3-5-11(12)9-13(14)16(17(18,19)20)22-8-7-15(23)21-22/h3-6,9-10,16H,2,7-8H2,1H3,(H,21,23)/t16-/m0/s1. The predicted molar refractivity (Wildman–Crippen MR) is 83.4 cm³/mol. The Labute approximate surface area is 137 Å². The number of fused-ring (bicyclic) bond motifs is 1. The Balaban J connectivity index is 2.14. The summed E-state index contributed by atoms with van der Waals surface area (Å²) < 4.78 is 46.7. The number of hydrogen-bond acceptors (Lipinski definition) is 3. The largest absolute Gasteiger partial charge is 0.494 e. The molecule has 1 saturated heterocycles. The summed E-state index contributed by atoms with van der Waals surface area (Å²) in [5, 5.41) is 2.43. The molecule has 0 spiro atoms. The summed E-state index contributed by atoms with van der Waals surface area (Å²) >= 11 is 0. The van der Waals surface area contributed by atoms with Gasteiger partial charge in [-0.15, -0.1) is 0 Å². The van der Waals surface area contributed by atoms with Crippen LogP contribution in [-0.4, -0.2) is 30.2 Å². The van der Waals surface area contributed by atoms with Gasteiger partial charge in [0.05, 0.1) is 6.61 Å². The average molecular weight is 338 g/mol. The highest BCUT2D eigenvalue weighted by molar-refractivity contribution is 5.85. The quantitative estimate of drug-likeness (QED) is 0.926. The summed E-state index contributed by atoms with van der Waals surface area (Å²) in [7, 11) is 0. The zero-order valence-corrected chi connectivity index (χ0v) is 13.1. The number of nitrogens with one attached hydrogen (secondary N) is 1. The molecule has 1 aliphatic rings. The summed E-state index contributed by atoms with van der Waals surface area (Å²) in [5.41, 5.74) is 2.30. The molecule has 4 nitrogen and oxygen atoms in total. The van der Waals surface area contributed by atoms with Crippen molar-refractivity contribution in [3.05, 3.63) is 42.0 Å². The van der Waals surface area contributed by atoms with Gasteiger partial charge in [-0.3, -0.25) is 10.2 Å². The van der Waals surface area contributed by atoms with Crippen LogP contribution in [0.25, 0.3) is 10.8 Å². The van der Waals surface area contributed by atoms with Gasteiger partial charge in [-0.2, -0.15) is 13.2 Å². The van der Waals surface area contributed by atoms with Crippen LogP contribution in [0.1, 0.15) is 24.9 Å². The number of nitrogens with zero attached hydrogens (tertiary/aromatic N) is 1. The van der Waals surface area contributed by atoms with Gasteiger partial charge in [0.2, 0.25) is 5.91 Å². The van der Waals surface area contributed by atoms with Gasteiger partial charge in [0.25, 0.3) is 0 Å². The second kappa shape index (κ2) is 6.32. The molecule has 0 unspecified atom stereocenters. The molecule has 0 bridgehead atoms. The third-order valence-corrected chi connectivity index (χ3v) is 3.94. The van der Waals surface area contributed by atoms with Crippen molar-refractivity contribution in [2.45, 2.75) is 25.6 Å². The predicted octanol–water partition coefficient (Wildman–Crippen LogP) is 3.58. The smallest absolute Gasteiger partial charge is 0.410 e. The first-order valence-electron chi connectivity index (χ1n) is 7.68. The van der Waals surface area contributed by atoms with E-state index in [0.29, 0.717) is 5.39 Å². The Morgan fingerprint density at radius 3 is 2.46 bits per heavy atom. The van der Waals surface area contributed by atoms with E-state index in [1.54, 1.807) is 25.1 Å². The van der Waals surface area contributed by atoms with E-state index in [0.717, 1.165) is 10.4 Å². The van der Waals surface area contributed by atoms with Crippen molar-refractivity contribution in [1.29, 1.82) is 0 Å². The summed E-state index contributed by atoms with van der Waals surface area (Å²) in [6.45, 7) is 1.98. The van der Waals surface area contributed by atoms with E-state index >= 15 is 0 Å². The fraction of sp³-hybridized carbons (Fsp3) is 0.353. The minimum atomic E-state index is -4.55. The van der Waals surface area contributed by atoms with Crippen molar-refractivity contribution < 1.29 is 22.7 Å². The summed E-state index contributed by atoms with van der Waals surface area (Å²) in [6.07, 6.45) is -4.50. The lowest BCUT2D eigenvalue weighted by Gasteiger charge is -2.30. The number of rotatable bonds is 4. The van der Waals surface area contributed by atoms with Gasteiger partial charge in [-0.25, -0.2) is 5.01 Å². The Kier molecular flexibility index (Phi) is 4.36. The molecule has 0 aliphatic carbocycles. The maximum Gasteiger partial charge on any atom is 0.410 e. The van der Waals surface area contributed by atoms with Crippen LogP contribution in [0.15, 0.2) is 36.4 Å². The molecule has 1 atom stereocenters. The van der Waals surface area contributed by atoms with Crippen LogP contribution in [0.4, 0.5) is 13.2 Å². The molecule has 2 aromatic rings. The van der Waals surface area contributed by atoms with Crippen LogP contribution in [-0.2, 0) is 4.79 Å². The van der Waals surface area contributed by atoms with Gasteiger partial charge in [0.1, 0.15) is 5.75 Å². The zero-order valence-electron chi connectivity index (χ0n) is 13.1. The fourth-order valence-corrected chi connectivity index (χ4v) is 2.94. The molecule has 3 rings (SSSR count). The third-order valence-electron chi connectivity index (χ3n) is 3.94. The van der Waals surface area contributed by atoms with E-state index < -0.39 is 18.1 Å². The summed E-state index contributed by atoms with van der Waals surface area (Å²) in [6, 6.07) is 8.32. The van der Waals surface area contributed by atoms with Crippen LogP contribution in [0.3, 0.4) is 0 Å². The average Bonchev–Trinajstić information content (AvgIpc) is 2.92. The zero-order chi connectivity index (χ0) is 17.3. The second-order valence-corrected chi connectivity index (χ2v) is 5.59. The Morgan fingerprint density at radius 2 is 1.92 bits per heavy atom. The van der Waals surface area contributed by atoms with Crippen molar-refractivity contribution in [1.82, 2.24) is 10.4 Å². The molecule has 0 saturated carbocycles. The maximum absolute atomic E-state index is 13.8. The molecule has 0 aromatic heterocycles. The van der Waals surface area contributed by atoms with Crippen LogP contribution < -0.4 is 10.2 Å². The first kappa shape index (κ1) is 16.6. The molecule has 1 heterocycles. The molecular formula is C17H17F3N2O2. The van der Waals surface area contributed by atoms with Crippen LogP contribution >= 0.6 is 0 Å². The normalized spacial score (nSPS) is 17.1. The Hall–Kier alpha value is -2.28. The van der Waals surface area contributed by atoms with Crippen molar-refractivity contribution in [2.24, 2.45) is 0 Å². The number of amides is 1. The summed E-state index contributed by atoms with van der Waals surface area (Å²) in [5.74, 6) is -0.234. The van der Waals surface area contributed by atoms with Gasteiger partial charge < -0.3 is 4.74 Å². The number of carbonyl (C=O) groups is 1. The van der Waals surface area contributed by atoms with Gasteiger partial charge >= 0.3 is 6.18 Å². The molecule has 128 valence electrons. The highest BCUT2D eigenvalue weighted by Gasteiger charge is 2.48. The second-order valence-electron chi connectivity index (χ2n) is 5.59. The minimum absolute atomic E-state index is 0.00139. The highest BCUT2D eigenvalue weighted by Crippen LogP contribution is 2.43. The van der Waals surface area contributed by atoms with E-state index in [-0.39, 0.29) is 30.9 Å². The first-order chi connectivity index (χ1) is 11.4. The molecule has 7 heteroatoms. The number of hydrogen-bond donors (Lipinski definition) is 1. The lowest BCUT2D eigenvalue weighted by molar-refractivity contribution is -0.191. The number of carbonyl (C=O) groups excluding carboxylic acids is 1. The molecule has 1 aliphatic heterocycles. The van der Waals surface area contributed by atoms with Crippen molar-refractivity contribution >= 4 is 16.7 Å². The Morgan fingerprint density at radius 1 is 1.25 bits per heavy atom. The fourth-order valence-electron chi connectivity index (χ4n) is 2.94. The van der Waals surface area contributed by atoms with Gasteiger partial charge in [-0.1, -0.05) is 24.3 Å². The number of ether oxygens (including phenoxy) is 1. The monoisotopic (exact) mass is 338 g/mol. The number of hydrazine groups is 1. The van der Waals surface area contributed by atoms with Gasteiger partial charge in [0, 0.05) is 18.5 Å². The topological polar surface area (TPSA) is 41.6 Å².